The number of nitrogens with zero attached hydrogens (tertiary/aromatic N) is 2. The van der Waals surface area contributed by atoms with Gasteiger partial charge in [-0.15, -0.1) is 10.1 Å². The Kier molecular flexibility index (Phi) is 12.0. The van der Waals surface area contributed by atoms with Crippen molar-refractivity contribution in [2.75, 3.05) is 65.1 Å². The smallest absolute Gasteiger partial charge is 0.294 e. The number of amides is 1. The Morgan fingerprint density at radius 3 is 2.70 bits per heavy atom. The third-order valence-corrected chi connectivity index (χ3v) is 8.32. The van der Waals surface area contributed by atoms with E-state index in [2.05, 4.69) is 44.6 Å². The Balaban J connectivity index is 1.42. The van der Waals surface area contributed by atoms with Crippen LogP contribution in [0.5, 0.6) is 11.5 Å². The van der Waals surface area contributed by atoms with Crippen LogP contribution in [0, 0.1) is 15.5 Å². The number of nitrogens with one attached hydrogen (secondary N) is 2. The number of rotatable bonds is 16. The Hall–Kier alpha value is -3.61. The Morgan fingerprint density at radius 2 is 1.98 bits per heavy atom. The zero-order valence-corrected chi connectivity index (χ0v) is 26.2. The molecule has 2 aromatic carbocycles. The molecule has 0 radical (unpaired) electrons. The summed E-state index contributed by atoms with van der Waals surface area (Å²) in [5.41, 5.74) is 2.64. The van der Waals surface area contributed by atoms with Crippen LogP contribution in [-0.2, 0) is 25.7 Å². The standard InChI is InChI=1S/C32H46N4O8/c1-32(2,31(37)33-12-16-44-36(38)39)20-25-19-27(24-7-9-26(41-4)10-8-24)30(21-34-25)43-22-23-6-11-29-28(18-23)35(14-17-42-29)13-5-15-40-3/h6-11,18,25,27,30,34H,5,12-17,19-22H2,1-4H3,(H,33,37)/t25-,27+,30-/m0/s1. The van der Waals surface area contributed by atoms with Gasteiger partial charge < -0.3 is 39.3 Å². The highest BCUT2D eigenvalue weighted by molar-refractivity contribution is 5.81. The molecular weight excluding hydrogens is 568 g/mol. The normalized spacial score (nSPS) is 19.9. The fourth-order valence-electron chi connectivity index (χ4n) is 5.98. The summed E-state index contributed by atoms with van der Waals surface area (Å²) in [6.45, 7) is 7.91. The lowest BCUT2D eigenvalue weighted by atomic mass is 9.77. The van der Waals surface area contributed by atoms with Gasteiger partial charge in [0.05, 0.1) is 32.1 Å². The van der Waals surface area contributed by atoms with Gasteiger partial charge >= 0.3 is 0 Å². The molecule has 44 heavy (non-hydrogen) atoms. The topological polar surface area (TPSA) is 134 Å². The van der Waals surface area contributed by atoms with Gasteiger partial charge in [0.25, 0.3) is 5.09 Å². The molecule has 0 saturated carbocycles. The number of anilines is 1. The minimum absolute atomic E-state index is 0.0688. The maximum Gasteiger partial charge on any atom is 0.294 e. The minimum Gasteiger partial charge on any atom is -0.497 e. The zero-order valence-electron chi connectivity index (χ0n) is 26.2. The van der Waals surface area contributed by atoms with Gasteiger partial charge in [-0.05, 0) is 54.7 Å². The van der Waals surface area contributed by atoms with Crippen LogP contribution in [-0.4, -0.2) is 83.4 Å². The second-order valence-electron chi connectivity index (χ2n) is 12.0. The number of carbonyl (C=O) groups is 1. The van der Waals surface area contributed by atoms with E-state index < -0.39 is 10.5 Å². The molecule has 3 atom stereocenters. The van der Waals surface area contributed by atoms with E-state index in [4.69, 9.17) is 18.9 Å². The summed E-state index contributed by atoms with van der Waals surface area (Å²) in [7, 11) is 3.38. The first kappa shape index (κ1) is 33.3. The summed E-state index contributed by atoms with van der Waals surface area (Å²) in [6, 6.07) is 14.4. The zero-order chi connectivity index (χ0) is 31.5. The monoisotopic (exact) mass is 614 g/mol. The van der Waals surface area contributed by atoms with Crippen molar-refractivity contribution >= 4 is 11.6 Å². The van der Waals surface area contributed by atoms with Crippen LogP contribution in [0.2, 0.25) is 0 Å². The first-order valence-electron chi connectivity index (χ1n) is 15.2. The van der Waals surface area contributed by atoms with Gasteiger partial charge in [-0.3, -0.25) is 4.79 Å². The number of hydrogen-bond acceptors (Lipinski definition) is 10. The molecule has 12 heteroatoms. The molecule has 0 unspecified atom stereocenters. The largest absolute Gasteiger partial charge is 0.497 e. The number of benzene rings is 2. The van der Waals surface area contributed by atoms with Crippen molar-refractivity contribution in [1.82, 2.24) is 10.6 Å². The molecule has 0 aromatic heterocycles. The maximum absolute atomic E-state index is 12.9. The van der Waals surface area contributed by atoms with E-state index in [1.165, 1.54) is 0 Å². The summed E-state index contributed by atoms with van der Waals surface area (Å²) < 4.78 is 23.2. The number of methoxy groups -OCH3 is 2. The van der Waals surface area contributed by atoms with E-state index in [9.17, 15) is 14.9 Å². The first-order chi connectivity index (χ1) is 21.2. The molecule has 2 aliphatic rings. The second kappa shape index (κ2) is 15.9. The highest BCUT2D eigenvalue weighted by atomic mass is 16.9. The summed E-state index contributed by atoms with van der Waals surface area (Å²) in [4.78, 5) is 30.0. The number of hydrogen-bond donors (Lipinski definition) is 2. The molecule has 1 fully saturated rings. The SMILES string of the molecule is COCCCN1CCOc2ccc(CO[C@H]3CN[C@H](CC(C)(C)C(=O)NCCO[N+](=O)[O-])C[C@@H]3c3ccc(OC)cc3)cc21. The highest BCUT2D eigenvalue weighted by Crippen LogP contribution is 2.37. The predicted molar refractivity (Wildman–Crippen MR) is 166 cm³/mol. The Morgan fingerprint density at radius 1 is 1.18 bits per heavy atom. The lowest BCUT2D eigenvalue weighted by Crippen LogP contribution is -2.50. The van der Waals surface area contributed by atoms with Crippen molar-refractivity contribution in [3.8, 4) is 11.5 Å². The fraction of sp³-hybridized carbons (Fsp3) is 0.594. The van der Waals surface area contributed by atoms with Crippen LogP contribution in [0.1, 0.15) is 50.2 Å². The van der Waals surface area contributed by atoms with Crippen molar-refractivity contribution in [3.63, 3.8) is 0 Å². The maximum atomic E-state index is 12.9. The molecule has 1 saturated heterocycles. The van der Waals surface area contributed by atoms with Gasteiger partial charge in [0.15, 0.2) is 0 Å². The fourth-order valence-corrected chi connectivity index (χ4v) is 5.98. The van der Waals surface area contributed by atoms with Gasteiger partial charge in [0.1, 0.15) is 24.7 Å². The van der Waals surface area contributed by atoms with Gasteiger partial charge in [0, 0.05) is 50.7 Å². The van der Waals surface area contributed by atoms with Crippen LogP contribution in [0.15, 0.2) is 42.5 Å². The van der Waals surface area contributed by atoms with Crippen molar-refractivity contribution in [2.45, 2.75) is 57.8 Å². The quantitative estimate of drug-likeness (QED) is 0.164. The molecule has 2 aliphatic heterocycles. The summed E-state index contributed by atoms with van der Waals surface area (Å²) >= 11 is 0. The van der Waals surface area contributed by atoms with Crippen LogP contribution >= 0.6 is 0 Å². The van der Waals surface area contributed by atoms with E-state index in [-0.39, 0.29) is 37.1 Å². The Bertz CT molecular complexity index is 1230. The number of fused-ring (bicyclic) bond motifs is 1. The van der Waals surface area contributed by atoms with Crippen LogP contribution < -0.4 is 25.0 Å². The molecule has 12 nitrogen and oxygen atoms in total. The molecular formula is C32H46N4O8. The summed E-state index contributed by atoms with van der Waals surface area (Å²) in [5, 5.41) is 15.9. The first-order valence-corrected chi connectivity index (χ1v) is 15.2. The lowest BCUT2D eigenvalue weighted by molar-refractivity contribution is -0.757. The van der Waals surface area contributed by atoms with E-state index >= 15 is 0 Å². The van der Waals surface area contributed by atoms with Gasteiger partial charge in [0.2, 0.25) is 5.91 Å². The molecule has 0 bridgehead atoms. The van der Waals surface area contributed by atoms with Crippen molar-refractivity contribution < 1.29 is 33.7 Å². The number of carbonyl (C=O) groups excluding carboxylic acids is 1. The van der Waals surface area contributed by atoms with Crippen molar-refractivity contribution in [2.24, 2.45) is 5.41 Å². The molecule has 2 heterocycles. The Labute approximate surface area is 259 Å². The third-order valence-electron chi connectivity index (χ3n) is 8.32. The molecule has 0 spiro atoms. The van der Waals surface area contributed by atoms with E-state index in [1.54, 1.807) is 14.2 Å². The van der Waals surface area contributed by atoms with Crippen molar-refractivity contribution in [1.29, 1.82) is 0 Å². The van der Waals surface area contributed by atoms with Crippen molar-refractivity contribution in [3.05, 3.63) is 63.7 Å². The number of ether oxygens (including phenoxy) is 4. The average molecular weight is 615 g/mol. The van der Waals surface area contributed by atoms with Gasteiger partial charge in [-0.2, -0.15) is 0 Å². The second-order valence-corrected chi connectivity index (χ2v) is 12.0. The van der Waals surface area contributed by atoms with Crippen LogP contribution in [0.25, 0.3) is 0 Å². The van der Waals surface area contributed by atoms with Gasteiger partial charge in [-0.25, -0.2) is 0 Å². The lowest BCUT2D eigenvalue weighted by Gasteiger charge is -2.40. The number of piperidine rings is 1. The summed E-state index contributed by atoms with van der Waals surface area (Å²) in [5.74, 6) is 1.62. The molecule has 1 amide bonds. The highest BCUT2D eigenvalue weighted by Gasteiger charge is 2.37. The van der Waals surface area contributed by atoms with E-state index in [1.807, 2.05) is 32.0 Å². The van der Waals surface area contributed by atoms with E-state index in [0.717, 1.165) is 60.9 Å². The van der Waals surface area contributed by atoms with Crippen LogP contribution in [0.3, 0.4) is 0 Å². The molecule has 4 rings (SSSR count). The molecule has 0 aliphatic carbocycles. The van der Waals surface area contributed by atoms with Crippen LogP contribution in [0.4, 0.5) is 5.69 Å². The van der Waals surface area contributed by atoms with E-state index in [0.29, 0.717) is 26.2 Å². The minimum atomic E-state index is -0.861. The predicted octanol–water partition coefficient (Wildman–Crippen LogP) is 3.70. The molecule has 2 N–H and O–H groups in total. The van der Waals surface area contributed by atoms with Gasteiger partial charge in [-0.1, -0.05) is 32.0 Å². The third kappa shape index (κ3) is 9.20. The molecule has 242 valence electrons. The summed E-state index contributed by atoms with van der Waals surface area (Å²) in [6.07, 6.45) is 2.24. The molecule has 2 aromatic rings. The average Bonchev–Trinajstić information content (AvgIpc) is 3.02.